The maximum Gasteiger partial charge on any atom is 0.247 e. The lowest BCUT2D eigenvalue weighted by molar-refractivity contribution is 0.221. The molecule has 0 spiro atoms. The van der Waals surface area contributed by atoms with E-state index in [2.05, 4.69) is 49.2 Å². The van der Waals surface area contributed by atoms with Gasteiger partial charge in [-0.25, -0.2) is 0 Å². The fourth-order valence-corrected chi connectivity index (χ4v) is 3.63. The van der Waals surface area contributed by atoms with Crippen LogP contribution in [0.5, 0.6) is 5.75 Å². The zero-order valence-corrected chi connectivity index (χ0v) is 16.2. The van der Waals surface area contributed by atoms with Gasteiger partial charge >= 0.3 is 0 Å². The Balaban J connectivity index is 1.46. The van der Waals surface area contributed by atoms with E-state index in [-0.39, 0.29) is 0 Å². The lowest BCUT2D eigenvalue weighted by Crippen LogP contribution is -2.30. The summed E-state index contributed by atoms with van der Waals surface area (Å²) in [6.45, 7) is 5.19. The maximum atomic E-state index is 5.87. The van der Waals surface area contributed by atoms with E-state index >= 15 is 0 Å². The monoisotopic (exact) mass is 413 g/mol. The molecule has 0 amide bonds. The lowest BCUT2D eigenvalue weighted by atomic mass is 9.99. The van der Waals surface area contributed by atoms with Crippen LogP contribution in [0.4, 0.5) is 0 Å². The summed E-state index contributed by atoms with van der Waals surface area (Å²) in [6.07, 6.45) is 1.02. The van der Waals surface area contributed by atoms with E-state index in [1.807, 2.05) is 31.2 Å². The van der Waals surface area contributed by atoms with Crippen molar-refractivity contribution in [1.29, 1.82) is 0 Å². The van der Waals surface area contributed by atoms with E-state index in [0.29, 0.717) is 24.9 Å². The molecule has 0 unspecified atom stereocenters. The molecule has 1 aliphatic heterocycles. The Morgan fingerprint density at radius 3 is 2.92 bits per heavy atom. The minimum Gasteiger partial charge on any atom is -0.494 e. The van der Waals surface area contributed by atoms with Crippen LogP contribution in [0, 0.1) is 0 Å². The Kier molecular flexibility index (Phi) is 5.04. The third-order valence-electron chi connectivity index (χ3n) is 4.48. The fourth-order valence-electron chi connectivity index (χ4n) is 3.23. The van der Waals surface area contributed by atoms with Gasteiger partial charge in [0.2, 0.25) is 11.8 Å². The Morgan fingerprint density at radius 1 is 1.15 bits per heavy atom. The smallest absolute Gasteiger partial charge is 0.247 e. The van der Waals surface area contributed by atoms with Crippen LogP contribution in [0.1, 0.15) is 23.9 Å². The second-order valence-electron chi connectivity index (χ2n) is 6.34. The molecule has 0 saturated heterocycles. The van der Waals surface area contributed by atoms with Crippen LogP contribution in [0.2, 0.25) is 0 Å². The zero-order chi connectivity index (χ0) is 17.9. The topological polar surface area (TPSA) is 51.4 Å². The number of hydrogen-bond donors (Lipinski definition) is 0. The first kappa shape index (κ1) is 17.2. The van der Waals surface area contributed by atoms with Crippen LogP contribution < -0.4 is 4.74 Å². The number of rotatable bonds is 5. The second kappa shape index (κ2) is 7.60. The highest BCUT2D eigenvalue weighted by molar-refractivity contribution is 9.10. The molecule has 4 rings (SSSR count). The molecule has 0 bridgehead atoms. The number of nitrogens with zero attached hydrogens (tertiary/aromatic N) is 3. The standard InChI is InChI=1S/C20H20BrN3O2/c1-2-25-18-7-6-14-8-9-24(12-16(14)11-18)13-19-22-23-20(26-19)15-4-3-5-17(21)10-15/h3-7,10-11H,2,8-9,12-13H2,1H3. The number of aromatic nitrogens is 2. The van der Waals surface area contributed by atoms with E-state index < -0.39 is 0 Å². The summed E-state index contributed by atoms with van der Waals surface area (Å²) in [5, 5.41) is 8.41. The molecule has 0 radical (unpaired) electrons. The molecule has 2 aromatic carbocycles. The van der Waals surface area contributed by atoms with Crippen LogP contribution in [0.3, 0.4) is 0 Å². The number of benzene rings is 2. The molecule has 1 aliphatic rings. The van der Waals surface area contributed by atoms with Gasteiger partial charge in [0.25, 0.3) is 0 Å². The molecule has 6 heteroatoms. The quantitative estimate of drug-likeness (QED) is 0.617. The van der Waals surface area contributed by atoms with Crippen LogP contribution >= 0.6 is 15.9 Å². The average Bonchev–Trinajstić information content (AvgIpc) is 3.10. The molecular weight excluding hydrogens is 394 g/mol. The molecule has 134 valence electrons. The summed E-state index contributed by atoms with van der Waals surface area (Å²) in [5.74, 6) is 2.13. The first-order valence-corrected chi connectivity index (χ1v) is 9.56. The maximum absolute atomic E-state index is 5.87. The van der Waals surface area contributed by atoms with E-state index in [9.17, 15) is 0 Å². The third kappa shape index (κ3) is 3.81. The fraction of sp³-hybridized carbons (Fsp3) is 0.300. The molecule has 26 heavy (non-hydrogen) atoms. The van der Waals surface area contributed by atoms with Gasteiger partial charge in [-0.1, -0.05) is 28.1 Å². The Bertz CT molecular complexity index is 910. The van der Waals surface area contributed by atoms with Crippen molar-refractivity contribution >= 4 is 15.9 Å². The SMILES string of the molecule is CCOc1ccc2c(c1)CN(Cc1nnc(-c3cccc(Br)c3)o1)CC2. The van der Waals surface area contributed by atoms with Crippen molar-refractivity contribution in [3.05, 3.63) is 64.0 Å². The molecule has 1 aromatic heterocycles. The highest BCUT2D eigenvalue weighted by atomic mass is 79.9. The van der Waals surface area contributed by atoms with Gasteiger partial charge in [0.1, 0.15) is 5.75 Å². The highest BCUT2D eigenvalue weighted by Gasteiger charge is 2.19. The molecule has 0 atom stereocenters. The number of fused-ring (bicyclic) bond motifs is 1. The van der Waals surface area contributed by atoms with E-state index in [0.717, 1.165) is 35.3 Å². The van der Waals surface area contributed by atoms with Gasteiger partial charge < -0.3 is 9.15 Å². The van der Waals surface area contributed by atoms with Crippen LogP contribution in [-0.4, -0.2) is 28.2 Å². The lowest BCUT2D eigenvalue weighted by Gasteiger charge is -2.27. The van der Waals surface area contributed by atoms with E-state index in [1.165, 1.54) is 11.1 Å². The first-order valence-electron chi connectivity index (χ1n) is 8.76. The first-order chi connectivity index (χ1) is 12.7. The Hall–Kier alpha value is -2.18. The Labute approximate surface area is 161 Å². The van der Waals surface area contributed by atoms with Crippen LogP contribution in [0.25, 0.3) is 11.5 Å². The van der Waals surface area contributed by atoms with Gasteiger partial charge in [-0.3, -0.25) is 4.90 Å². The van der Waals surface area contributed by atoms with Gasteiger partial charge in [0.15, 0.2) is 0 Å². The number of hydrogen-bond acceptors (Lipinski definition) is 5. The van der Waals surface area contributed by atoms with Crippen molar-refractivity contribution in [2.45, 2.75) is 26.4 Å². The normalized spacial score (nSPS) is 14.2. The number of halogens is 1. The van der Waals surface area contributed by atoms with Crippen LogP contribution in [0.15, 0.2) is 51.4 Å². The minimum atomic E-state index is 0.553. The highest BCUT2D eigenvalue weighted by Crippen LogP contribution is 2.26. The van der Waals surface area contributed by atoms with Gasteiger partial charge in [-0.15, -0.1) is 10.2 Å². The molecule has 5 nitrogen and oxygen atoms in total. The zero-order valence-electron chi connectivity index (χ0n) is 14.6. The van der Waals surface area contributed by atoms with Crippen LogP contribution in [-0.2, 0) is 19.5 Å². The van der Waals surface area contributed by atoms with Crippen molar-refractivity contribution in [1.82, 2.24) is 15.1 Å². The minimum absolute atomic E-state index is 0.553. The molecule has 0 saturated carbocycles. The molecule has 3 aromatic rings. The Morgan fingerprint density at radius 2 is 2.08 bits per heavy atom. The van der Waals surface area contributed by atoms with E-state index in [4.69, 9.17) is 9.15 Å². The second-order valence-corrected chi connectivity index (χ2v) is 7.25. The summed E-state index contributed by atoms with van der Waals surface area (Å²) in [7, 11) is 0. The molecule has 0 N–H and O–H groups in total. The summed E-state index contributed by atoms with van der Waals surface area (Å²) >= 11 is 3.47. The van der Waals surface area contributed by atoms with Crippen molar-refractivity contribution in [3.8, 4) is 17.2 Å². The molecule has 0 aliphatic carbocycles. The summed E-state index contributed by atoms with van der Waals surface area (Å²) in [5.41, 5.74) is 3.63. The number of ether oxygens (including phenoxy) is 1. The van der Waals surface area contributed by atoms with Crippen molar-refractivity contribution in [2.24, 2.45) is 0 Å². The van der Waals surface area contributed by atoms with E-state index in [1.54, 1.807) is 0 Å². The molecule has 2 heterocycles. The predicted molar refractivity (Wildman–Crippen MR) is 103 cm³/mol. The summed E-state index contributed by atoms with van der Waals surface area (Å²) in [6, 6.07) is 14.3. The van der Waals surface area contributed by atoms with Crippen molar-refractivity contribution in [3.63, 3.8) is 0 Å². The molecule has 0 fully saturated rings. The summed E-state index contributed by atoms with van der Waals surface area (Å²) < 4.78 is 12.5. The van der Waals surface area contributed by atoms with Crippen molar-refractivity contribution < 1.29 is 9.15 Å². The average molecular weight is 414 g/mol. The largest absolute Gasteiger partial charge is 0.494 e. The van der Waals surface area contributed by atoms with Gasteiger partial charge in [-0.2, -0.15) is 0 Å². The molecular formula is C20H20BrN3O2. The van der Waals surface area contributed by atoms with Gasteiger partial charge in [-0.05, 0) is 54.8 Å². The van der Waals surface area contributed by atoms with Gasteiger partial charge in [0.05, 0.1) is 13.2 Å². The van der Waals surface area contributed by atoms with Crippen molar-refractivity contribution in [2.75, 3.05) is 13.2 Å². The summed E-state index contributed by atoms with van der Waals surface area (Å²) in [4.78, 5) is 2.33. The predicted octanol–water partition coefficient (Wildman–Crippen LogP) is 4.46. The third-order valence-corrected chi connectivity index (χ3v) is 4.97. The van der Waals surface area contributed by atoms with Gasteiger partial charge in [0, 0.05) is 23.1 Å².